The third-order valence-electron chi connectivity index (χ3n) is 11.6. The van der Waals surface area contributed by atoms with Gasteiger partial charge in [0.1, 0.15) is 51.7 Å². The number of ether oxygens (including phenoxy) is 6. The smallest absolute Gasteiger partial charge is 0.437 e. The highest BCUT2D eigenvalue weighted by Crippen LogP contribution is 2.13. The SMILES string of the molecule is N=C(NC(=O)OCc1ccccc1)N(CCC[C@H](NC(=O)[C@H](CCCN(C(=O)OCc1ccccc1)C(N)=NC(=O)OCc1ccccc1)NC(=O)OCc1ccccc1)C(=O)OCc1ccccc1)C(=O)OCc1ccccc1. The number of carbonyl (C=O) groups excluding carboxylic acids is 7. The number of nitrogens with zero attached hydrogens (tertiary/aromatic N) is 3. The molecule has 0 aliphatic rings. The van der Waals surface area contributed by atoms with Crippen molar-refractivity contribution in [3.63, 3.8) is 0 Å². The van der Waals surface area contributed by atoms with Crippen molar-refractivity contribution in [2.75, 3.05) is 13.1 Å². The molecule has 0 spiro atoms. The first-order chi connectivity index (χ1) is 38.9. The van der Waals surface area contributed by atoms with E-state index in [0.717, 1.165) is 9.80 Å². The minimum Gasteiger partial charge on any atom is -0.459 e. The van der Waals surface area contributed by atoms with Crippen molar-refractivity contribution >= 4 is 54.3 Å². The Morgan fingerprint density at radius 1 is 0.438 bits per heavy atom. The number of aliphatic imine (C=N–C) groups is 1. The molecule has 0 aromatic heterocycles. The highest BCUT2D eigenvalue weighted by atomic mass is 16.6. The number of carbonyl (C=O) groups is 7. The van der Waals surface area contributed by atoms with Gasteiger partial charge in [0.2, 0.25) is 17.8 Å². The normalized spacial score (nSPS) is 11.5. The number of hydrogen-bond acceptors (Lipinski definition) is 14. The van der Waals surface area contributed by atoms with Crippen molar-refractivity contribution in [2.24, 2.45) is 10.7 Å². The van der Waals surface area contributed by atoms with Crippen LogP contribution >= 0.6 is 0 Å². The van der Waals surface area contributed by atoms with Crippen molar-refractivity contribution in [2.45, 2.75) is 77.4 Å². The second-order valence-corrected chi connectivity index (χ2v) is 17.6. The second kappa shape index (κ2) is 32.5. The van der Waals surface area contributed by atoms with Crippen LogP contribution in [0.15, 0.2) is 187 Å². The highest BCUT2D eigenvalue weighted by molar-refractivity contribution is 6.00. The zero-order valence-corrected chi connectivity index (χ0v) is 43.7. The predicted molar refractivity (Wildman–Crippen MR) is 293 cm³/mol. The molecule has 0 saturated heterocycles. The first-order valence-corrected chi connectivity index (χ1v) is 25.5. The molecule has 0 bridgehead atoms. The summed E-state index contributed by atoms with van der Waals surface area (Å²) in [6.07, 6.45) is -5.77. The molecule has 80 heavy (non-hydrogen) atoms. The summed E-state index contributed by atoms with van der Waals surface area (Å²) in [6, 6.07) is 49.8. The van der Waals surface area contributed by atoms with Gasteiger partial charge in [0.25, 0.3) is 0 Å². The van der Waals surface area contributed by atoms with Gasteiger partial charge in [-0.1, -0.05) is 182 Å². The van der Waals surface area contributed by atoms with Crippen molar-refractivity contribution in [3.8, 4) is 0 Å². The van der Waals surface area contributed by atoms with Crippen LogP contribution in [0.2, 0.25) is 0 Å². The second-order valence-electron chi connectivity index (χ2n) is 17.6. The van der Waals surface area contributed by atoms with Gasteiger partial charge in [-0.3, -0.25) is 15.5 Å². The Kier molecular flexibility index (Phi) is 24.1. The number of rotatable bonds is 24. The van der Waals surface area contributed by atoms with Gasteiger partial charge in [0.05, 0.1) is 0 Å². The molecule has 0 heterocycles. The Balaban J connectivity index is 1.20. The summed E-state index contributed by atoms with van der Waals surface area (Å²) in [7, 11) is 0. The molecular formula is C59H62N8O13. The summed E-state index contributed by atoms with van der Waals surface area (Å²) in [5.74, 6) is -3.05. The molecule has 0 radical (unpaired) electrons. The van der Waals surface area contributed by atoms with E-state index in [1.165, 1.54) is 0 Å². The molecule has 6 amide bonds. The average molecular weight is 1090 g/mol. The molecule has 0 aliphatic heterocycles. The van der Waals surface area contributed by atoms with Crippen LogP contribution in [0, 0.1) is 5.41 Å². The lowest BCUT2D eigenvalue weighted by molar-refractivity contribution is -0.149. The van der Waals surface area contributed by atoms with Gasteiger partial charge in [0.15, 0.2) is 0 Å². The molecule has 6 N–H and O–H groups in total. The number of amides is 6. The molecule has 0 aliphatic carbocycles. The first kappa shape index (κ1) is 59.2. The van der Waals surface area contributed by atoms with Crippen molar-refractivity contribution in [1.82, 2.24) is 25.8 Å². The summed E-state index contributed by atoms with van der Waals surface area (Å²) in [4.78, 5) is 101. The fourth-order valence-electron chi connectivity index (χ4n) is 7.45. The van der Waals surface area contributed by atoms with E-state index in [1.54, 1.807) is 182 Å². The number of esters is 1. The van der Waals surface area contributed by atoms with Gasteiger partial charge in [-0.2, -0.15) is 0 Å². The van der Waals surface area contributed by atoms with Gasteiger partial charge in [-0.15, -0.1) is 4.99 Å². The summed E-state index contributed by atoms with van der Waals surface area (Å²) < 4.78 is 32.8. The summed E-state index contributed by atoms with van der Waals surface area (Å²) in [5.41, 5.74) is 10.2. The molecule has 6 aromatic carbocycles. The number of hydrogen-bond donors (Lipinski definition) is 5. The maximum atomic E-state index is 14.5. The lowest BCUT2D eigenvalue weighted by atomic mass is 10.1. The minimum absolute atomic E-state index is 0.0984. The topological polar surface area (TPSA) is 280 Å². The summed E-state index contributed by atoms with van der Waals surface area (Å²) >= 11 is 0. The molecule has 21 nitrogen and oxygen atoms in total. The quantitative estimate of drug-likeness (QED) is 0.0164. The molecule has 21 heteroatoms. The van der Waals surface area contributed by atoms with E-state index in [-0.39, 0.29) is 78.4 Å². The lowest BCUT2D eigenvalue weighted by Gasteiger charge is -2.25. The monoisotopic (exact) mass is 1090 g/mol. The van der Waals surface area contributed by atoms with Crippen LogP contribution in [0.25, 0.3) is 0 Å². The zero-order chi connectivity index (χ0) is 56.7. The van der Waals surface area contributed by atoms with Gasteiger partial charge in [-0.25, -0.2) is 38.6 Å². The van der Waals surface area contributed by atoms with E-state index >= 15 is 0 Å². The Morgan fingerprint density at radius 3 is 1.23 bits per heavy atom. The van der Waals surface area contributed by atoms with E-state index in [9.17, 15) is 33.6 Å². The predicted octanol–water partition coefficient (Wildman–Crippen LogP) is 8.86. The molecule has 2 atom stereocenters. The van der Waals surface area contributed by atoms with Crippen LogP contribution in [-0.2, 0) is 77.7 Å². The Labute approximate surface area is 462 Å². The molecule has 0 fully saturated rings. The maximum Gasteiger partial charge on any atom is 0.437 e. The highest BCUT2D eigenvalue weighted by Gasteiger charge is 2.31. The molecule has 6 rings (SSSR count). The minimum atomic E-state index is -1.46. The lowest BCUT2D eigenvalue weighted by Crippen LogP contribution is -2.52. The van der Waals surface area contributed by atoms with Crippen LogP contribution in [0.4, 0.5) is 24.0 Å². The van der Waals surface area contributed by atoms with Gasteiger partial charge in [-0.05, 0) is 59.1 Å². The molecule has 0 saturated carbocycles. The third-order valence-corrected chi connectivity index (χ3v) is 11.6. The third kappa shape index (κ3) is 21.2. The van der Waals surface area contributed by atoms with Gasteiger partial charge < -0.3 is 44.8 Å². The fraction of sp³-hybridized carbons (Fsp3) is 0.237. The Bertz CT molecular complexity index is 2960. The zero-order valence-electron chi connectivity index (χ0n) is 43.7. The Hall–Kier alpha value is -10.1. The molecule has 0 unspecified atom stereocenters. The largest absolute Gasteiger partial charge is 0.459 e. The van der Waals surface area contributed by atoms with Gasteiger partial charge >= 0.3 is 36.4 Å². The number of guanidine groups is 2. The van der Waals surface area contributed by atoms with Crippen molar-refractivity contribution < 1.29 is 62.0 Å². The summed E-state index contributed by atoms with van der Waals surface area (Å²) in [6.45, 7) is -1.59. The van der Waals surface area contributed by atoms with Gasteiger partial charge in [0, 0.05) is 13.1 Å². The van der Waals surface area contributed by atoms with E-state index in [0.29, 0.717) is 33.4 Å². The van der Waals surface area contributed by atoms with E-state index in [4.69, 9.17) is 39.6 Å². The average Bonchev–Trinajstić information content (AvgIpc) is 3.49. The standard InChI is InChI=1S/C59H62N8O13/c60-53(64-56(71)77-39-45-25-11-3-12-26-45)66(58(73)79-41-47-29-15-5-16-30-47)35-19-33-49(63-55(70)76-38-44-23-9-2-10-24-44)51(68)62-50(52(69)75-37-43-21-7-1-8-22-43)34-20-36-67(59(74)80-42-48-31-17-6-18-32-48)54(61)65-57(72)78-40-46-27-13-4-14-28-46/h1-18,21-32,49-50H,19-20,33-42H2,(H,62,68)(H,63,70)(H2,60,64,71)(H2,61,65,72)/t49-,50-/m0/s1. The molecule has 416 valence electrons. The summed E-state index contributed by atoms with van der Waals surface area (Å²) in [5, 5.41) is 16.2. The maximum absolute atomic E-state index is 14.5. The van der Waals surface area contributed by atoms with Crippen LogP contribution in [0.1, 0.15) is 59.1 Å². The van der Waals surface area contributed by atoms with Crippen LogP contribution in [0.3, 0.4) is 0 Å². The number of nitrogens with one attached hydrogen (secondary N) is 4. The number of nitrogens with two attached hydrogens (primary N) is 1. The van der Waals surface area contributed by atoms with E-state index in [1.807, 2.05) is 0 Å². The van der Waals surface area contributed by atoms with Crippen LogP contribution in [-0.4, -0.2) is 89.2 Å². The number of benzene rings is 6. The van der Waals surface area contributed by atoms with Crippen LogP contribution in [0.5, 0.6) is 0 Å². The Morgan fingerprint density at radius 2 is 0.787 bits per heavy atom. The molecular weight excluding hydrogens is 1030 g/mol. The fourth-order valence-corrected chi connectivity index (χ4v) is 7.45. The van der Waals surface area contributed by atoms with Crippen molar-refractivity contribution in [1.29, 1.82) is 5.41 Å². The van der Waals surface area contributed by atoms with E-state index < -0.39 is 66.3 Å². The first-order valence-electron chi connectivity index (χ1n) is 25.5. The van der Waals surface area contributed by atoms with Crippen molar-refractivity contribution in [3.05, 3.63) is 215 Å². The van der Waals surface area contributed by atoms with Crippen LogP contribution < -0.4 is 21.7 Å². The number of alkyl carbamates (subject to hydrolysis) is 2. The van der Waals surface area contributed by atoms with E-state index in [2.05, 4.69) is 20.9 Å². The molecule has 6 aromatic rings.